The molecule has 4 aliphatic carbocycles. The maximum Gasteiger partial charge on any atom is 0.407 e. The molecule has 1 amide bonds. The molecule has 2 atom stereocenters. The number of nitrogens with zero attached hydrogens (tertiary/aromatic N) is 3. The van der Waals surface area contributed by atoms with E-state index in [9.17, 15) is 4.79 Å². The van der Waals surface area contributed by atoms with Gasteiger partial charge in [0.25, 0.3) is 0 Å². The molecule has 4 saturated carbocycles. The van der Waals surface area contributed by atoms with Gasteiger partial charge in [-0.3, -0.25) is 4.98 Å². The zero-order valence-electron chi connectivity index (χ0n) is 18.9. The Morgan fingerprint density at radius 3 is 2.68 bits per heavy atom. The smallest absolute Gasteiger partial charge is 0.407 e. The molecule has 7 heteroatoms. The molecule has 166 valence electrons. The summed E-state index contributed by atoms with van der Waals surface area (Å²) in [7, 11) is 0. The molecule has 4 fully saturated rings. The van der Waals surface area contributed by atoms with E-state index in [1.165, 1.54) is 0 Å². The number of amides is 1. The van der Waals surface area contributed by atoms with Crippen molar-refractivity contribution in [2.75, 3.05) is 5.32 Å². The number of aryl methyl sites for hydroxylation is 1. The van der Waals surface area contributed by atoms with Gasteiger partial charge in [-0.1, -0.05) is 0 Å². The fraction of sp³-hybridized carbons (Fsp3) is 0.625. The minimum absolute atomic E-state index is 0.0315. The number of nitrogens with one attached hydrogen (secondary N) is 2. The zero-order chi connectivity index (χ0) is 21.8. The van der Waals surface area contributed by atoms with Crippen molar-refractivity contribution in [3.63, 3.8) is 0 Å². The summed E-state index contributed by atoms with van der Waals surface area (Å²) in [6.07, 6.45) is 9.49. The van der Waals surface area contributed by atoms with E-state index in [2.05, 4.69) is 47.1 Å². The summed E-state index contributed by atoms with van der Waals surface area (Å²) in [5, 5.41) is 11.6. The maximum atomic E-state index is 12.3. The lowest BCUT2D eigenvalue weighted by Gasteiger charge is -2.61. The fourth-order valence-corrected chi connectivity index (χ4v) is 5.30. The van der Waals surface area contributed by atoms with Crippen LogP contribution in [0.3, 0.4) is 0 Å². The van der Waals surface area contributed by atoms with Crippen LogP contribution in [0.1, 0.15) is 76.5 Å². The van der Waals surface area contributed by atoms with E-state index in [0.717, 1.165) is 67.2 Å². The summed E-state index contributed by atoms with van der Waals surface area (Å²) in [6, 6.07) is 4.14. The molecule has 7 nitrogen and oxygen atoms in total. The van der Waals surface area contributed by atoms with E-state index in [-0.39, 0.29) is 23.3 Å². The molecule has 2 bridgehead atoms. The van der Waals surface area contributed by atoms with E-state index >= 15 is 0 Å². The van der Waals surface area contributed by atoms with Crippen molar-refractivity contribution in [3.8, 4) is 0 Å². The second-order valence-corrected chi connectivity index (χ2v) is 10.8. The predicted molar refractivity (Wildman–Crippen MR) is 120 cm³/mol. The Labute approximate surface area is 184 Å². The molecule has 31 heavy (non-hydrogen) atoms. The Bertz CT molecular complexity index is 975. The third-order valence-corrected chi connectivity index (χ3v) is 7.13. The standard InChI is InChI=1S/C24H33N5O2/c1-15-14-25-8-7-19(15)26-21-10-20(28-29(21)23(2,3)4)17-5-6-18(9-17)31-22(30)27-24-11-16(12-24)13-24/h7-8,10,14,16-18H,5-6,9,11-13H2,1-4H3,(H,25,26)(H,27,30)/t16?,17-,18+,24?/m0/s1. The maximum absolute atomic E-state index is 12.3. The van der Waals surface area contributed by atoms with Gasteiger partial charge in [-0.2, -0.15) is 5.10 Å². The Kier molecular flexibility index (Phi) is 4.75. The van der Waals surface area contributed by atoms with Gasteiger partial charge in [0.2, 0.25) is 0 Å². The van der Waals surface area contributed by atoms with Crippen LogP contribution in [-0.2, 0) is 10.3 Å². The average molecular weight is 424 g/mol. The van der Waals surface area contributed by atoms with Crippen LogP contribution in [0.15, 0.2) is 24.5 Å². The highest BCUT2D eigenvalue weighted by Crippen LogP contribution is 2.57. The highest BCUT2D eigenvalue weighted by atomic mass is 16.6. The molecule has 0 unspecified atom stereocenters. The first-order valence-electron chi connectivity index (χ1n) is 11.5. The molecule has 2 aromatic heterocycles. The Hall–Kier alpha value is -2.57. The molecule has 0 aromatic carbocycles. The summed E-state index contributed by atoms with van der Waals surface area (Å²) < 4.78 is 7.83. The molecular formula is C24H33N5O2. The Balaban J connectivity index is 1.27. The first kappa shape index (κ1) is 20.3. The van der Waals surface area contributed by atoms with Crippen molar-refractivity contribution in [1.82, 2.24) is 20.1 Å². The number of rotatable bonds is 5. The van der Waals surface area contributed by atoms with Gasteiger partial charge in [0.15, 0.2) is 0 Å². The van der Waals surface area contributed by atoms with E-state index in [0.29, 0.717) is 5.92 Å². The van der Waals surface area contributed by atoms with E-state index in [1.807, 2.05) is 19.2 Å². The van der Waals surface area contributed by atoms with Crippen LogP contribution < -0.4 is 10.6 Å². The molecular weight excluding hydrogens is 390 g/mol. The van der Waals surface area contributed by atoms with Crippen LogP contribution in [0.5, 0.6) is 0 Å². The molecule has 2 heterocycles. The number of pyridine rings is 1. The van der Waals surface area contributed by atoms with Crippen molar-refractivity contribution in [2.24, 2.45) is 5.92 Å². The minimum Gasteiger partial charge on any atom is -0.446 e. The summed E-state index contributed by atoms with van der Waals surface area (Å²) in [5.41, 5.74) is 3.10. The van der Waals surface area contributed by atoms with Crippen LogP contribution in [-0.4, -0.2) is 32.5 Å². The summed E-state index contributed by atoms with van der Waals surface area (Å²) in [6.45, 7) is 8.52. The van der Waals surface area contributed by atoms with Crippen LogP contribution in [0.4, 0.5) is 16.3 Å². The van der Waals surface area contributed by atoms with Gasteiger partial charge < -0.3 is 15.4 Å². The zero-order valence-corrected chi connectivity index (χ0v) is 18.9. The third-order valence-electron chi connectivity index (χ3n) is 7.13. The molecule has 4 aliphatic rings. The molecule has 2 N–H and O–H groups in total. The van der Waals surface area contributed by atoms with Crippen molar-refractivity contribution >= 4 is 17.6 Å². The van der Waals surface area contributed by atoms with Gasteiger partial charge in [0.1, 0.15) is 11.9 Å². The lowest BCUT2D eigenvalue weighted by atomic mass is 9.50. The topological polar surface area (TPSA) is 81.1 Å². The second-order valence-electron chi connectivity index (χ2n) is 10.8. The predicted octanol–water partition coefficient (Wildman–Crippen LogP) is 5.00. The number of anilines is 2. The third kappa shape index (κ3) is 3.90. The molecule has 0 radical (unpaired) electrons. The molecule has 0 saturated heterocycles. The lowest BCUT2D eigenvalue weighted by Crippen LogP contribution is -2.68. The quantitative estimate of drug-likeness (QED) is 0.707. The number of carbonyl (C=O) groups is 1. The number of alkyl carbamates (subject to hydrolysis) is 1. The van der Waals surface area contributed by atoms with Gasteiger partial charge in [-0.25, -0.2) is 9.48 Å². The lowest BCUT2D eigenvalue weighted by molar-refractivity contribution is -0.0506. The van der Waals surface area contributed by atoms with Crippen molar-refractivity contribution in [3.05, 3.63) is 35.8 Å². The van der Waals surface area contributed by atoms with Crippen LogP contribution in [0.25, 0.3) is 0 Å². The highest BCUT2D eigenvalue weighted by molar-refractivity contribution is 5.69. The van der Waals surface area contributed by atoms with Crippen LogP contribution in [0, 0.1) is 12.8 Å². The van der Waals surface area contributed by atoms with E-state index < -0.39 is 0 Å². The molecule has 6 rings (SSSR count). The number of carbonyl (C=O) groups excluding carboxylic acids is 1. The first-order chi connectivity index (χ1) is 14.7. The van der Waals surface area contributed by atoms with Crippen molar-refractivity contribution in [1.29, 1.82) is 0 Å². The second kappa shape index (κ2) is 7.24. The molecule has 2 aromatic rings. The summed E-state index contributed by atoms with van der Waals surface area (Å²) in [5.74, 6) is 2.12. The molecule has 0 aliphatic heterocycles. The van der Waals surface area contributed by atoms with Gasteiger partial charge in [0.05, 0.1) is 11.2 Å². The van der Waals surface area contributed by atoms with E-state index in [1.54, 1.807) is 6.20 Å². The first-order valence-corrected chi connectivity index (χ1v) is 11.5. The van der Waals surface area contributed by atoms with Crippen molar-refractivity contribution in [2.45, 2.75) is 89.3 Å². The summed E-state index contributed by atoms with van der Waals surface area (Å²) in [4.78, 5) is 16.5. The highest BCUT2D eigenvalue weighted by Gasteiger charge is 2.57. The van der Waals surface area contributed by atoms with Crippen LogP contribution in [0.2, 0.25) is 0 Å². The number of ether oxygens (including phenoxy) is 1. The van der Waals surface area contributed by atoms with Gasteiger partial charge in [0, 0.05) is 35.6 Å². The normalized spacial score (nSPS) is 29.1. The number of hydrogen-bond donors (Lipinski definition) is 2. The minimum atomic E-state index is -0.237. The molecule has 0 spiro atoms. The van der Waals surface area contributed by atoms with Gasteiger partial charge in [-0.15, -0.1) is 0 Å². The monoisotopic (exact) mass is 423 g/mol. The SMILES string of the molecule is Cc1cnccc1Nc1cc([C@H]2CC[C@@H](OC(=O)NC34CC(C3)C4)C2)nn1C(C)(C)C. The van der Waals surface area contributed by atoms with Crippen molar-refractivity contribution < 1.29 is 9.53 Å². The number of hydrogen-bond acceptors (Lipinski definition) is 5. The summed E-state index contributed by atoms with van der Waals surface area (Å²) >= 11 is 0. The Morgan fingerprint density at radius 1 is 1.26 bits per heavy atom. The Morgan fingerprint density at radius 2 is 2.03 bits per heavy atom. The van der Waals surface area contributed by atoms with Gasteiger partial charge >= 0.3 is 6.09 Å². The average Bonchev–Trinajstić information content (AvgIpc) is 3.26. The number of aromatic nitrogens is 3. The van der Waals surface area contributed by atoms with E-state index in [4.69, 9.17) is 9.84 Å². The fourth-order valence-electron chi connectivity index (χ4n) is 5.30. The van der Waals surface area contributed by atoms with Gasteiger partial charge in [-0.05, 0) is 83.8 Å². The largest absolute Gasteiger partial charge is 0.446 e. The van der Waals surface area contributed by atoms with Crippen LogP contribution >= 0.6 is 0 Å².